The molecule has 0 aliphatic heterocycles. The third-order valence-corrected chi connectivity index (χ3v) is 5.28. The van der Waals surface area contributed by atoms with E-state index in [-0.39, 0.29) is 5.82 Å². The minimum absolute atomic E-state index is 0.256. The first-order valence-electron chi connectivity index (χ1n) is 10.00. The van der Waals surface area contributed by atoms with Gasteiger partial charge in [0.25, 0.3) is 0 Å². The van der Waals surface area contributed by atoms with Crippen LogP contribution in [0.3, 0.4) is 0 Å². The van der Waals surface area contributed by atoms with Crippen LogP contribution in [-0.2, 0) is 13.6 Å². The Hall–Kier alpha value is -4.00. The maximum absolute atomic E-state index is 13.1. The topological polar surface area (TPSA) is 60.6 Å². The summed E-state index contributed by atoms with van der Waals surface area (Å²) in [5, 5.41) is 8.71. The van der Waals surface area contributed by atoms with Crippen molar-refractivity contribution < 1.29 is 4.39 Å². The summed E-state index contributed by atoms with van der Waals surface area (Å²) in [5.41, 5.74) is 5.04. The molecule has 0 amide bonds. The van der Waals surface area contributed by atoms with Crippen LogP contribution >= 0.6 is 0 Å². The van der Waals surface area contributed by atoms with E-state index in [4.69, 9.17) is 4.98 Å². The first-order valence-corrected chi connectivity index (χ1v) is 10.00. The van der Waals surface area contributed by atoms with Gasteiger partial charge in [0.2, 0.25) is 0 Å². The molecule has 5 rings (SSSR count). The van der Waals surface area contributed by atoms with Gasteiger partial charge in [-0.1, -0.05) is 6.07 Å². The van der Waals surface area contributed by atoms with Crippen LogP contribution in [0.2, 0.25) is 0 Å². The van der Waals surface area contributed by atoms with Gasteiger partial charge in [-0.05, 0) is 66.6 Å². The van der Waals surface area contributed by atoms with Gasteiger partial charge >= 0.3 is 0 Å². The predicted molar refractivity (Wildman–Crippen MR) is 120 cm³/mol. The predicted octanol–water partition coefficient (Wildman–Crippen LogP) is 4.88. The first-order chi connectivity index (χ1) is 15.1. The van der Waals surface area contributed by atoms with E-state index >= 15 is 0 Å². The van der Waals surface area contributed by atoms with E-state index in [2.05, 4.69) is 45.7 Å². The van der Waals surface area contributed by atoms with Gasteiger partial charge < -0.3 is 5.32 Å². The molecule has 31 heavy (non-hydrogen) atoms. The van der Waals surface area contributed by atoms with Crippen molar-refractivity contribution in [2.45, 2.75) is 13.5 Å². The van der Waals surface area contributed by atoms with Crippen molar-refractivity contribution in [3.05, 3.63) is 90.5 Å². The lowest BCUT2D eigenvalue weighted by Gasteiger charge is -2.12. The third-order valence-electron chi connectivity index (χ3n) is 5.28. The Morgan fingerprint density at radius 2 is 1.84 bits per heavy atom. The number of nitrogens with one attached hydrogen (secondary N) is 1. The highest BCUT2D eigenvalue weighted by molar-refractivity contribution is 5.84. The standard InChI is InChI=1S/C24H21FN6/c1-16-11-18(17-3-8-22-19(12-17)14-28-30(22)2)13-23(29-16)31-10-9-26-24(31)15-27-21-6-4-20(25)5-7-21/h3-14,27H,15H2,1-2H3. The van der Waals surface area contributed by atoms with E-state index in [1.54, 1.807) is 18.3 Å². The number of pyridine rings is 1. The van der Waals surface area contributed by atoms with E-state index in [9.17, 15) is 4.39 Å². The minimum atomic E-state index is -0.256. The molecule has 0 saturated carbocycles. The number of hydrogen-bond donors (Lipinski definition) is 1. The Morgan fingerprint density at radius 1 is 1.00 bits per heavy atom. The summed E-state index contributed by atoms with van der Waals surface area (Å²) >= 11 is 0. The highest BCUT2D eigenvalue weighted by atomic mass is 19.1. The normalized spacial score (nSPS) is 11.2. The number of fused-ring (bicyclic) bond motifs is 1. The van der Waals surface area contributed by atoms with Gasteiger partial charge in [-0.3, -0.25) is 9.25 Å². The number of aromatic nitrogens is 5. The van der Waals surface area contributed by atoms with Gasteiger partial charge in [-0.25, -0.2) is 14.4 Å². The molecule has 3 heterocycles. The molecular weight excluding hydrogens is 391 g/mol. The molecule has 154 valence electrons. The molecule has 5 aromatic rings. The highest BCUT2D eigenvalue weighted by Gasteiger charge is 2.10. The average molecular weight is 412 g/mol. The molecule has 6 nitrogen and oxygen atoms in total. The van der Waals surface area contributed by atoms with Crippen molar-refractivity contribution >= 4 is 16.6 Å². The maximum Gasteiger partial charge on any atom is 0.138 e. The Kier molecular flexibility index (Phi) is 4.71. The number of nitrogens with zero attached hydrogens (tertiary/aromatic N) is 5. The zero-order chi connectivity index (χ0) is 21.4. The summed E-state index contributed by atoms with van der Waals surface area (Å²) in [6, 6.07) is 16.8. The fourth-order valence-electron chi connectivity index (χ4n) is 3.71. The second kappa shape index (κ2) is 7.68. The van der Waals surface area contributed by atoms with Crippen molar-refractivity contribution in [1.82, 2.24) is 24.3 Å². The lowest BCUT2D eigenvalue weighted by Crippen LogP contribution is -2.09. The second-order valence-electron chi connectivity index (χ2n) is 7.47. The molecule has 7 heteroatoms. The molecule has 0 atom stereocenters. The molecule has 0 radical (unpaired) electrons. The quantitative estimate of drug-likeness (QED) is 0.447. The maximum atomic E-state index is 13.1. The van der Waals surface area contributed by atoms with Crippen molar-refractivity contribution in [2.75, 3.05) is 5.32 Å². The lowest BCUT2D eigenvalue weighted by atomic mass is 10.0. The SMILES string of the molecule is Cc1cc(-c2ccc3c(cnn3C)c2)cc(-n2ccnc2CNc2ccc(F)cc2)n1. The van der Waals surface area contributed by atoms with Gasteiger partial charge in [0.05, 0.1) is 18.3 Å². The average Bonchev–Trinajstić information content (AvgIpc) is 3.39. The molecule has 0 aliphatic carbocycles. The number of aryl methyl sites for hydroxylation is 2. The number of anilines is 1. The number of rotatable bonds is 5. The molecule has 0 saturated heterocycles. The van der Waals surface area contributed by atoms with Crippen LogP contribution in [0.4, 0.5) is 10.1 Å². The lowest BCUT2D eigenvalue weighted by molar-refractivity contribution is 0.628. The molecule has 0 fully saturated rings. The molecular formula is C24H21FN6. The molecule has 0 bridgehead atoms. The number of benzene rings is 2. The van der Waals surface area contributed by atoms with Crippen LogP contribution in [0.5, 0.6) is 0 Å². The van der Waals surface area contributed by atoms with Gasteiger partial charge in [0.15, 0.2) is 0 Å². The van der Waals surface area contributed by atoms with Crippen LogP contribution in [0.25, 0.3) is 27.8 Å². The van der Waals surface area contributed by atoms with Crippen molar-refractivity contribution in [3.8, 4) is 16.9 Å². The van der Waals surface area contributed by atoms with Crippen molar-refractivity contribution in [1.29, 1.82) is 0 Å². The summed E-state index contributed by atoms with van der Waals surface area (Å²) in [6.45, 7) is 2.48. The van der Waals surface area contributed by atoms with Crippen LogP contribution < -0.4 is 5.32 Å². The van der Waals surface area contributed by atoms with Gasteiger partial charge in [-0.15, -0.1) is 0 Å². The summed E-state index contributed by atoms with van der Waals surface area (Å²) in [7, 11) is 1.94. The summed E-state index contributed by atoms with van der Waals surface area (Å²) < 4.78 is 17.0. The Morgan fingerprint density at radius 3 is 2.68 bits per heavy atom. The molecule has 0 unspecified atom stereocenters. The molecule has 0 aliphatic rings. The molecule has 0 spiro atoms. The number of hydrogen-bond acceptors (Lipinski definition) is 4. The van der Waals surface area contributed by atoms with Gasteiger partial charge in [-0.2, -0.15) is 5.10 Å². The Bertz CT molecular complexity index is 1370. The van der Waals surface area contributed by atoms with Crippen LogP contribution in [0.15, 0.2) is 73.2 Å². The van der Waals surface area contributed by atoms with Gasteiger partial charge in [0, 0.05) is 36.2 Å². The fraction of sp³-hybridized carbons (Fsp3) is 0.125. The minimum Gasteiger partial charge on any atom is -0.378 e. The smallest absolute Gasteiger partial charge is 0.138 e. The van der Waals surface area contributed by atoms with E-state index < -0.39 is 0 Å². The fourth-order valence-corrected chi connectivity index (χ4v) is 3.71. The van der Waals surface area contributed by atoms with Crippen LogP contribution in [-0.4, -0.2) is 24.3 Å². The molecule has 2 aromatic carbocycles. The van der Waals surface area contributed by atoms with Crippen molar-refractivity contribution in [2.24, 2.45) is 7.05 Å². The van der Waals surface area contributed by atoms with E-state index in [1.165, 1.54) is 12.1 Å². The summed E-state index contributed by atoms with van der Waals surface area (Å²) in [6.07, 6.45) is 5.54. The zero-order valence-electron chi connectivity index (χ0n) is 17.2. The Labute approximate surface area is 179 Å². The van der Waals surface area contributed by atoms with Crippen LogP contribution in [0.1, 0.15) is 11.5 Å². The number of imidazole rings is 1. The molecule has 1 N–H and O–H groups in total. The first kappa shape index (κ1) is 19.0. The largest absolute Gasteiger partial charge is 0.378 e. The van der Waals surface area contributed by atoms with Crippen molar-refractivity contribution in [3.63, 3.8) is 0 Å². The summed E-state index contributed by atoms with van der Waals surface area (Å²) in [4.78, 5) is 9.20. The van der Waals surface area contributed by atoms with Crippen LogP contribution in [0, 0.1) is 12.7 Å². The molecule has 3 aromatic heterocycles. The third kappa shape index (κ3) is 3.77. The zero-order valence-corrected chi connectivity index (χ0v) is 17.2. The van der Waals surface area contributed by atoms with E-state index in [1.807, 2.05) is 35.6 Å². The monoisotopic (exact) mass is 412 g/mol. The number of halogens is 1. The summed E-state index contributed by atoms with van der Waals surface area (Å²) in [5.74, 6) is 1.36. The Balaban J connectivity index is 1.46. The van der Waals surface area contributed by atoms with E-state index in [0.29, 0.717) is 6.54 Å². The van der Waals surface area contributed by atoms with E-state index in [0.717, 1.165) is 45.1 Å². The second-order valence-corrected chi connectivity index (χ2v) is 7.47. The van der Waals surface area contributed by atoms with Gasteiger partial charge in [0.1, 0.15) is 17.5 Å². The highest BCUT2D eigenvalue weighted by Crippen LogP contribution is 2.26.